The Balaban J connectivity index is 2.04. The molecule has 2 aromatic rings. The summed E-state index contributed by atoms with van der Waals surface area (Å²) in [7, 11) is 1.60. The van der Waals surface area contributed by atoms with Crippen LogP contribution < -0.4 is 4.74 Å². The molecule has 1 saturated carbocycles. The Morgan fingerprint density at radius 2 is 2.24 bits per heavy atom. The van der Waals surface area contributed by atoms with Crippen molar-refractivity contribution in [2.75, 3.05) is 7.11 Å². The summed E-state index contributed by atoms with van der Waals surface area (Å²) in [5, 5.41) is -0.164. The largest absolute Gasteiger partial charge is 0.479 e. The van der Waals surface area contributed by atoms with Crippen molar-refractivity contribution in [3.63, 3.8) is 0 Å². The molecule has 0 spiro atoms. The number of hydrogen-bond donors (Lipinski definition) is 0. The Kier molecular flexibility index (Phi) is 4.02. The van der Waals surface area contributed by atoms with Gasteiger partial charge in [-0.1, -0.05) is 13.3 Å². The van der Waals surface area contributed by atoms with Crippen LogP contribution in [0.15, 0.2) is 6.33 Å². The molecule has 0 amide bonds. The molecular weight excluding hydrogens is 288 g/mol. The van der Waals surface area contributed by atoms with Gasteiger partial charge >= 0.3 is 0 Å². The van der Waals surface area contributed by atoms with E-state index in [2.05, 4.69) is 26.4 Å². The molecule has 0 bridgehead atoms. The molecule has 2 aromatic heterocycles. The first-order valence-electron chi connectivity index (χ1n) is 7.49. The van der Waals surface area contributed by atoms with Crippen LogP contribution in [0.4, 0.5) is 0 Å². The molecule has 1 aliphatic carbocycles. The minimum Gasteiger partial charge on any atom is -0.479 e. The summed E-state index contributed by atoms with van der Waals surface area (Å²) in [5.74, 6) is 2.85. The number of imidazole rings is 1. The second-order valence-electron chi connectivity index (χ2n) is 6.04. The Bertz CT molecular complexity index is 640. The highest BCUT2D eigenvalue weighted by molar-refractivity contribution is 6.20. The molecule has 0 radical (unpaired) electrons. The van der Waals surface area contributed by atoms with Crippen molar-refractivity contribution >= 4 is 22.8 Å². The Morgan fingerprint density at radius 3 is 2.86 bits per heavy atom. The van der Waals surface area contributed by atoms with E-state index in [0.717, 1.165) is 23.9 Å². The molecule has 1 aliphatic rings. The van der Waals surface area contributed by atoms with Crippen LogP contribution >= 0.6 is 11.6 Å². The number of nitrogens with zero attached hydrogens (tertiary/aromatic N) is 4. The number of aromatic nitrogens is 4. The fourth-order valence-electron chi connectivity index (χ4n) is 3.31. The molecule has 0 saturated heterocycles. The van der Waals surface area contributed by atoms with E-state index in [1.165, 1.54) is 25.6 Å². The van der Waals surface area contributed by atoms with Crippen LogP contribution in [0.25, 0.3) is 11.2 Å². The van der Waals surface area contributed by atoms with Gasteiger partial charge in [0.25, 0.3) is 0 Å². The van der Waals surface area contributed by atoms with E-state index in [1.54, 1.807) is 7.11 Å². The minimum atomic E-state index is -0.164. The van der Waals surface area contributed by atoms with E-state index in [4.69, 9.17) is 16.3 Å². The second kappa shape index (κ2) is 5.79. The summed E-state index contributed by atoms with van der Waals surface area (Å²) in [4.78, 5) is 13.2. The third-order valence-corrected chi connectivity index (χ3v) is 4.52. The number of halogens is 1. The zero-order valence-electron chi connectivity index (χ0n) is 12.7. The molecule has 3 rings (SSSR count). The summed E-state index contributed by atoms with van der Waals surface area (Å²) in [6, 6.07) is 0. The van der Waals surface area contributed by atoms with Crippen LogP contribution in [0.1, 0.15) is 44.3 Å². The van der Waals surface area contributed by atoms with Crippen LogP contribution in [0.2, 0.25) is 0 Å². The maximum atomic E-state index is 6.32. The van der Waals surface area contributed by atoms with Gasteiger partial charge in [0.2, 0.25) is 5.88 Å². The van der Waals surface area contributed by atoms with Gasteiger partial charge in [0.1, 0.15) is 12.2 Å². The van der Waals surface area contributed by atoms with Gasteiger partial charge in [0, 0.05) is 6.54 Å². The maximum Gasteiger partial charge on any atom is 0.245 e. The van der Waals surface area contributed by atoms with E-state index >= 15 is 0 Å². The third kappa shape index (κ3) is 2.71. The number of hydrogen-bond acceptors (Lipinski definition) is 4. The van der Waals surface area contributed by atoms with Gasteiger partial charge in [-0.05, 0) is 31.6 Å². The third-order valence-electron chi connectivity index (χ3n) is 4.32. The lowest BCUT2D eigenvalue weighted by Crippen LogP contribution is -2.12. The monoisotopic (exact) mass is 308 g/mol. The minimum absolute atomic E-state index is 0.164. The highest BCUT2D eigenvalue weighted by Gasteiger charge is 2.26. The van der Waals surface area contributed by atoms with Gasteiger partial charge in [-0.15, -0.1) is 11.6 Å². The summed E-state index contributed by atoms with van der Waals surface area (Å²) in [6.45, 7) is 5.19. The van der Waals surface area contributed by atoms with Gasteiger partial charge in [-0.2, -0.15) is 4.98 Å². The van der Waals surface area contributed by atoms with Crippen molar-refractivity contribution in [2.24, 2.45) is 11.8 Å². The number of rotatable bonds is 4. The smallest absolute Gasteiger partial charge is 0.245 e. The molecule has 0 aliphatic heterocycles. The summed E-state index contributed by atoms with van der Waals surface area (Å²) in [5.41, 5.74) is 1.53. The first kappa shape index (κ1) is 14.6. The normalized spacial score (nSPS) is 23.6. The Labute approximate surface area is 129 Å². The molecule has 3 unspecified atom stereocenters. The van der Waals surface area contributed by atoms with E-state index in [9.17, 15) is 0 Å². The fraction of sp³-hybridized carbons (Fsp3) is 0.667. The first-order valence-corrected chi connectivity index (χ1v) is 7.93. The standard InChI is InChI=1S/C15H21ClN4O/c1-9-4-5-11(6-9)7-20-13(10(2)16)19-12-14(20)17-8-18-15(12)21-3/h8-11H,4-7H2,1-3H3. The van der Waals surface area contributed by atoms with Crippen molar-refractivity contribution in [3.8, 4) is 5.88 Å². The number of alkyl halides is 1. The molecular formula is C15H21ClN4O. The van der Waals surface area contributed by atoms with E-state index in [-0.39, 0.29) is 5.38 Å². The van der Waals surface area contributed by atoms with Crippen molar-refractivity contribution in [1.29, 1.82) is 0 Å². The molecule has 2 heterocycles. The molecule has 21 heavy (non-hydrogen) atoms. The fourth-order valence-corrected chi connectivity index (χ4v) is 3.48. The van der Waals surface area contributed by atoms with Crippen LogP contribution in [0, 0.1) is 11.8 Å². The molecule has 114 valence electrons. The zero-order chi connectivity index (χ0) is 15.0. The predicted molar refractivity (Wildman–Crippen MR) is 82.6 cm³/mol. The van der Waals surface area contributed by atoms with Crippen LogP contribution in [0.5, 0.6) is 5.88 Å². The van der Waals surface area contributed by atoms with Gasteiger partial charge in [0.05, 0.1) is 12.5 Å². The van der Waals surface area contributed by atoms with E-state index in [0.29, 0.717) is 17.3 Å². The van der Waals surface area contributed by atoms with Crippen molar-refractivity contribution in [3.05, 3.63) is 12.2 Å². The van der Waals surface area contributed by atoms with Gasteiger partial charge in [-0.25, -0.2) is 9.97 Å². The summed E-state index contributed by atoms with van der Waals surface area (Å²) >= 11 is 6.32. The average molecular weight is 309 g/mol. The Morgan fingerprint density at radius 1 is 1.43 bits per heavy atom. The number of ether oxygens (including phenoxy) is 1. The van der Waals surface area contributed by atoms with Crippen molar-refractivity contribution in [1.82, 2.24) is 19.5 Å². The first-order chi connectivity index (χ1) is 10.1. The SMILES string of the molecule is COc1ncnc2c1nc(C(C)Cl)n2CC1CCC(C)C1. The lowest BCUT2D eigenvalue weighted by Gasteiger charge is -2.14. The van der Waals surface area contributed by atoms with Crippen molar-refractivity contribution in [2.45, 2.75) is 45.0 Å². The van der Waals surface area contributed by atoms with E-state index < -0.39 is 0 Å². The van der Waals surface area contributed by atoms with Gasteiger partial charge < -0.3 is 9.30 Å². The van der Waals surface area contributed by atoms with Crippen molar-refractivity contribution < 1.29 is 4.74 Å². The topological polar surface area (TPSA) is 52.8 Å². The van der Waals surface area contributed by atoms with E-state index in [1.807, 2.05) is 6.92 Å². The second-order valence-corrected chi connectivity index (χ2v) is 6.69. The molecule has 0 N–H and O–H groups in total. The highest BCUT2D eigenvalue weighted by atomic mass is 35.5. The van der Waals surface area contributed by atoms with Gasteiger partial charge in [-0.3, -0.25) is 0 Å². The molecule has 0 aromatic carbocycles. The molecule has 6 heteroatoms. The van der Waals surface area contributed by atoms with Crippen LogP contribution in [-0.4, -0.2) is 26.6 Å². The summed E-state index contributed by atoms with van der Waals surface area (Å²) < 4.78 is 7.45. The molecule has 1 fully saturated rings. The maximum absolute atomic E-state index is 6.32. The predicted octanol–water partition coefficient (Wildman–Crippen LogP) is 3.57. The van der Waals surface area contributed by atoms with Crippen LogP contribution in [0.3, 0.4) is 0 Å². The quantitative estimate of drug-likeness (QED) is 0.810. The van der Waals surface area contributed by atoms with Crippen LogP contribution in [-0.2, 0) is 6.54 Å². The average Bonchev–Trinajstić information content (AvgIpc) is 3.03. The lowest BCUT2D eigenvalue weighted by molar-refractivity contribution is 0.401. The summed E-state index contributed by atoms with van der Waals surface area (Å²) in [6.07, 6.45) is 5.36. The number of methoxy groups -OCH3 is 1. The van der Waals surface area contributed by atoms with Gasteiger partial charge in [0.15, 0.2) is 11.2 Å². The Hall–Kier alpha value is -1.36. The lowest BCUT2D eigenvalue weighted by atomic mass is 10.1. The molecule has 3 atom stereocenters. The zero-order valence-corrected chi connectivity index (χ0v) is 13.5. The number of fused-ring (bicyclic) bond motifs is 1. The highest BCUT2D eigenvalue weighted by Crippen LogP contribution is 2.34. The molecule has 5 nitrogen and oxygen atoms in total.